The van der Waals surface area contributed by atoms with E-state index >= 15 is 0 Å². The predicted octanol–water partition coefficient (Wildman–Crippen LogP) is 3.75. The second kappa shape index (κ2) is 9.51. The van der Waals surface area contributed by atoms with E-state index in [0.29, 0.717) is 13.1 Å². The zero-order valence-corrected chi connectivity index (χ0v) is 18.2. The number of nitrogens with zero attached hydrogens (tertiary/aromatic N) is 2. The van der Waals surface area contributed by atoms with E-state index < -0.39 is 0 Å². The first-order valence-corrected chi connectivity index (χ1v) is 11.7. The van der Waals surface area contributed by atoms with Crippen LogP contribution < -0.4 is 11.1 Å². The van der Waals surface area contributed by atoms with Gasteiger partial charge in [-0.05, 0) is 42.5 Å². The second-order valence-electron chi connectivity index (χ2n) is 7.48. The molecule has 2 amide bonds. The SMILES string of the molecule is NC(=O)C1CCCN(Cc2ccccc2NC(=O)Cc2csc(-c3cccs3)n2)C1. The number of benzene rings is 1. The topological polar surface area (TPSA) is 88.3 Å². The number of anilines is 1. The van der Waals surface area contributed by atoms with E-state index in [9.17, 15) is 9.59 Å². The molecule has 8 heteroatoms. The molecule has 0 bridgehead atoms. The van der Waals surface area contributed by atoms with Crippen molar-refractivity contribution in [3.63, 3.8) is 0 Å². The first-order chi connectivity index (χ1) is 14.6. The molecule has 3 N–H and O–H groups in total. The molecule has 0 spiro atoms. The quantitative estimate of drug-likeness (QED) is 0.586. The Bertz CT molecular complexity index is 1020. The number of amides is 2. The van der Waals surface area contributed by atoms with Gasteiger partial charge >= 0.3 is 0 Å². The van der Waals surface area contributed by atoms with Crippen LogP contribution in [0.25, 0.3) is 9.88 Å². The molecule has 3 aromatic rings. The van der Waals surface area contributed by atoms with Gasteiger partial charge in [0, 0.05) is 24.2 Å². The molecule has 1 fully saturated rings. The van der Waals surface area contributed by atoms with E-state index in [1.54, 1.807) is 22.7 Å². The molecule has 0 radical (unpaired) electrons. The Balaban J connectivity index is 1.39. The molecule has 30 heavy (non-hydrogen) atoms. The minimum atomic E-state index is -0.230. The smallest absolute Gasteiger partial charge is 0.230 e. The molecular formula is C22H24N4O2S2. The number of para-hydroxylation sites is 1. The Labute approximate surface area is 183 Å². The maximum Gasteiger partial charge on any atom is 0.230 e. The average Bonchev–Trinajstić information content (AvgIpc) is 3.41. The maximum absolute atomic E-state index is 12.6. The summed E-state index contributed by atoms with van der Waals surface area (Å²) in [7, 11) is 0. The van der Waals surface area contributed by atoms with Gasteiger partial charge in [-0.1, -0.05) is 24.3 Å². The number of hydrogen-bond acceptors (Lipinski definition) is 6. The van der Waals surface area contributed by atoms with Crippen LogP contribution in [0.5, 0.6) is 0 Å². The van der Waals surface area contributed by atoms with Gasteiger partial charge in [-0.3, -0.25) is 14.5 Å². The van der Waals surface area contributed by atoms with Gasteiger partial charge in [0.2, 0.25) is 11.8 Å². The summed E-state index contributed by atoms with van der Waals surface area (Å²) in [6, 6.07) is 11.8. The summed E-state index contributed by atoms with van der Waals surface area (Å²) in [5.41, 5.74) is 8.11. The lowest BCUT2D eigenvalue weighted by atomic mass is 9.97. The first-order valence-electron chi connectivity index (χ1n) is 9.96. The molecule has 1 saturated heterocycles. The summed E-state index contributed by atoms with van der Waals surface area (Å²) in [4.78, 5) is 32.1. The minimum Gasteiger partial charge on any atom is -0.369 e. The molecule has 6 nitrogen and oxygen atoms in total. The van der Waals surface area contributed by atoms with E-state index in [1.807, 2.05) is 47.2 Å². The molecule has 1 aromatic carbocycles. The number of rotatable bonds is 7. The van der Waals surface area contributed by atoms with Crippen LogP contribution in [0.2, 0.25) is 0 Å². The summed E-state index contributed by atoms with van der Waals surface area (Å²) < 4.78 is 0. The Kier molecular flexibility index (Phi) is 6.56. The molecular weight excluding hydrogens is 416 g/mol. The van der Waals surface area contributed by atoms with Crippen LogP contribution in [0.3, 0.4) is 0 Å². The van der Waals surface area contributed by atoms with E-state index in [0.717, 1.165) is 46.2 Å². The zero-order valence-electron chi connectivity index (χ0n) is 16.5. The van der Waals surface area contributed by atoms with Gasteiger partial charge in [0.15, 0.2) is 0 Å². The number of primary amides is 1. The van der Waals surface area contributed by atoms with Crippen molar-refractivity contribution in [1.82, 2.24) is 9.88 Å². The molecule has 156 valence electrons. The van der Waals surface area contributed by atoms with Crippen LogP contribution >= 0.6 is 22.7 Å². The van der Waals surface area contributed by atoms with Crippen LogP contribution in [0.1, 0.15) is 24.1 Å². The van der Waals surface area contributed by atoms with Gasteiger partial charge in [-0.2, -0.15) is 0 Å². The van der Waals surface area contributed by atoms with Crippen LogP contribution in [0, 0.1) is 5.92 Å². The summed E-state index contributed by atoms with van der Waals surface area (Å²) in [6.45, 7) is 2.28. The number of likely N-dealkylation sites (tertiary alicyclic amines) is 1. The number of hydrogen-bond donors (Lipinski definition) is 2. The summed E-state index contributed by atoms with van der Waals surface area (Å²) in [5, 5.41) is 7.95. The lowest BCUT2D eigenvalue weighted by Crippen LogP contribution is -2.40. The third-order valence-corrected chi connectivity index (χ3v) is 7.15. The predicted molar refractivity (Wildman–Crippen MR) is 121 cm³/mol. The number of nitrogens with two attached hydrogens (primary N) is 1. The fraction of sp³-hybridized carbons (Fsp3) is 0.318. The molecule has 0 saturated carbocycles. The summed E-state index contributed by atoms with van der Waals surface area (Å²) in [6.07, 6.45) is 2.05. The van der Waals surface area contributed by atoms with Crippen LogP contribution in [-0.2, 0) is 22.6 Å². The Hall–Kier alpha value is -2.55. The van der Waals surface area contributed by atoms with Crippen molar-refractivity contribution in [2.45, 2.75) is 25.8 Å². The molecule has 3 heterocycles. The number of piperidine rings is 1. The molecule has 1 aliphatic rings. The lowest BCUT2D eigenvalue weighted by Gasteiger charge is -2.31. The Morgan fingerprint density at radius 3 is 2.87 bits per heavy atom. The third kappa shape index (κ3) is 5.13. The molecule has 1 aliphatic heterocycles. The number of carbonyl (C=O) groups excluding carboxylic acids is 2. The number of nitrogens with one attached hydrogen (secondary N) is 1. The molecule has 1 atom stereocenters. The fourth-order valence-corrected chi connectivity index (χ4v) is 5.35. The first kappa shape index (κ1) is 20.7. The van der Waals surface area contributed by atoms with Gasteiger partial charge < -0.3 is 11.1 Å². The van der Waals surface area contributed by atoms with Crippen LogP contribution in [0.4, 0.5) is 5.69 Å². The molecule has 4 rings (SSSR count). The van der Waals surface area contributed by atoms with Crippen molar-refractivity contribution in [2.75, 3.05) is 18.4 Å². The van der Waals surface area contributed by atoms with E-state index in [2.05, 4.69) is 15.2 Å². The average molecular weight is 441 g/mol. The minimum absolute atomic E-state index is 0.0841. The normalized spacial score (nSPS) is 17.0. The van der Waals surface area contributed by atoms with Gasteiger partial charge in [0.05, 0.1) is 22.9 Å². The van der Waals surface area contributed by atoms with Crippen molar-refractivity contribution in [3.8, 4) is 9.88 Å². The van der Waals surface area contributed by atoms with E-state index in [4.69, 9.17) is 5.73 Å². The standard InChI is InChI=1S/C22H24N4O2S2/c23-21(28)16-6-3-9-26(13-16)12-15-5-1-2-7-18(15)25-20(27)11-17-14-30-22(24-17)19-8-4-10-29-19/h1-2,4-5,7-8,10,14,16H,3,6,9,11-13H2,(H2,23,28)(H,25,27). The Morgan fingerprint density at radius 1 is 1.20 bits per heavy atom. The van der Waals surface area contributed by atoms with Gasteiger partial charge in [0.25, 0.3) is 0 Å². The number of aromatic nitrogens is 1. The van der Waals surface area contributed by atoms with Gasteiger partial charge in [0.1, 0.15) is 5.01 Å². The highest BCUT2D eigenvalue weighted by Crippen LogP contribution is 2.28. The van der Waals surface area contributed by atoms with Crippen molar-refractivity contribution in [2.24, 2.45) is 11.7 Å². The van der Waals surface area contributed by atoms with Crippen LogP contribution in [0.15, 0.2) is 47.2 Å². The highest BCUT2D eigenvalue weighted by molar-refractivity contribution is 7.20. The third-order valence-electron chi connectivity index (χ3n) is 5.22. The molecule has 0 aliphatic carbocycles. The monoisotopic (exact) mass is 440 g/mol. The van der Waals surface area contributed by atoms with Crippen molar-refractivity contribution in [3.05, 3.63) is 58.4 Å². The van der Waals surface area contributed by atoms with Crippen molar-refractivity contribution in [1.29, 1.82) is 0 Å². The number of carbonyl (C=O) groups is 2. The molecule has 1 unspecified atom stereocenters. The summed E-state index contributed by atoms with van der Waals surface area (Å²) >= 11 is 3.20. The zero-order chi connectivity index (χ0) is 20.9. The maximum atomic E-state index is 12.6. The largest absolute Gasteiger partial charge is 0.369 e. The Morgan fingerprint density at radius 2 is 2.07 bits per heavy atom. The lowest BCUT2D eigenvalue weighted by molar-refractivity contribution is -0.123. The van der Waals surface area contributed by atoms with Crippen molar-refractivity contribution < 1.29 is 9.59 Å². The highest BCUT2D eigenvalue weighted by atomic mass is 32.1. The molecule has 2 aromatic heterocycles. The van der Waals surface area contributed by atoms with Gasteiger partial charge in [-0.25, -0.2) is 4.98 Å². The van der Waals surface area contributed by atoms with E-state index in [-0.39, 0.29) is 24.2 Å². The van der Waals surface area contributed by atoms with Crippen molar-refractivity contribution >= 4 is 40.2 Å². The second-order valence-corrected chi connectivity index (χ2v) is 9.29. The summed E-state index contributed by atoms with van der Waals surface area (Å²) in [5.74, 6) is -0.409. The fourth-order valence-electron chi connectivity index (χ4n) is 3.71. The van der Waals surface area contributed by atoms with E-state index in [1.165, 1.54) is 0 Å². The van der Waals surface area contributed by atoms with Crippen LogP contribution in [-0.4, -0.2) is 34.8 Å². The van der Waals surface area contributed by atoms with Gasteiger partial charge in [-0.15, -0.1) is 22.7 Å². The number of thiophene rings is 1. The number of thiazole rings is 1. The highest BCUT2D eigenvalue weighted by Gasteiger charge is 2.24.